The number of aryl methyl sites for hydroxylation is 1. The van der Waals surface area contributed by atoms with Crippen molar-refractivity contribution in [1.82, 2.24) is 4.98 Å². The molecule has 1 aromatic carbocycles. The standard InChI is InChI=1S/C12H15N3S/c1-8-11(16-12(13)14-8)9-4-6-10(7-5-9)15(2)3/h4-7H,1-3H3,(H2,13,14). The van der Waals surface area contributed by atoms with Gasteiger partial charge in [-0.15, -0.1) is 0 Å². The summed E-state index contributed by atoms with van der Waals surface area (Å²) in [4.78, 5) is 7.47. The van der Waals surface area contributed by atoms with Gasteiger partial charge in [-0.3, -0.25) is 0 Å². The number of thiazole rings is 1. The van der Waals surface area contributed by atoms with Gasteiger partial charge in [-0.2, -0.15) is 0 Å². The average Bonchev–Trinajstić information content (AvgIpc) is 2.58. The molecule has 4 heteroatoms. The van der Waals surface area contributed by atoms with Gasteiger partial charge in [0, 0.05) is 19.8 Å². The molecule has 0 aliphatic rings. The minimum absolute atomic E-state index is 0.629. The maximum absolute atomic E-state index is 5.69. The van der Waals surface area contributed by atoms with E-state index in [4.69, 9.17) is 5.73 Å². The highest BCUT2D eigenvalue weighted by atomic mass is 32.1. The van der Waals surface area contributed by atoms with Gasteiger partial charge in [0.05, 0.1) is 10.6 Å². The van der Waals surface area contributed by atoms with E-state index in [1.54, 1.807) is 0 Å². The molecule has 0 fully saturated rings. The van der Waals surface area contributed by atoms with E-state index in [-0.39, 0.29) is 0 Å². The summed E-state index contributed by atoms with van der Waals surface area (Å²) in [6.07, 6.45) is 0. The van der Waals surface area contributed by atoms with E-state index in [1.165, 1.54) is 22.6 Å². The molecule has 1 aromatic heterocycles. The Morgan fingerprint density at radius 2 is 1.81 bits per heavy atom. The molecule has 0 bridgehead atoms. The lowest BCUT2D eigenvalue weighted by molar-refractivity contribution is 1.13. The van der Waals surface area contributed by atoms with Gasteiger partial charge in [-0.25, -0.2) is 4.98 Å². The molecule has 0 saturated carbocycles. The molecule has 0 aliphatic carbocycles. The van der Waals surface area contributed by atoms with Crippen molar-refractivity contribution < 1.29 is 0 Å². The Morgan fingerprint density at radius 3 is 2.25 bits per heavy atom. The van der Waals surface area contributed by atoms with Crippen LogP contribution in [0.5, 0.6) is 0 Å². The summed E-state index contributed by atoms with van der Waals surface area (Å²) >= 11 is 1.53. The Bertz CT molecular complexity index is 485. The predicted molar refractivity (Wildman–Crippen MR) is 71.0 cm³/mol. The van der Waals surface area contributed by atoms with Crippen LogP contribution in [0.25, 0.3) is 10.4 Å². The van der Waals surface area contributed by atoms with E-state index in [2.05, 4.69) is 34.1 Å². The van der Waals surface area contributed by atoms with Crippen molar-refractivity contribution in [3.8, 4) is 10.4 Å². The van der Waals surface area contributed by atoms with Gasteiger partial charge in [-0.05, 0) is 24.6 Å². The Balaban J connectivity index is 2.38. The second kappa shape index (κ2) is 4.14. The molecule has 2 N–H and O–H groups in total. The number of hydrogen-bond acceptors (Lipinski definition) is 4. The highest BCUT2D eigenvalue weighted by molar-refractivity contribution is 7.18. The van der Waals surface area contributed by atoms with Crippen LogP contribution < -0.4 is 10.6 Å². The molecule has 3 nitrogen and oxygen atoms in total. The van der Waals surface area contributed by atoms with Gasteiger partial charge >= 0.3 is 0 Å². The van der Waals surface area contributed by atoms with Gasteiger partial charge in [0.15, 0.2) is 5.13 Å². The molecule has 2 rings (SSSR count). The summed E-state index contributed by atoms with van der Waals surface area (Å²) in [6.45, 7) is 1.99. The lowest BCUT2D eigenvalue weighted by Gasteiger charge is -2.12. The summed E-state index contributed by atoms with van der Waals surface area (Å²) in [5, 5.41) is 0.629. The Labute approximate surface area is 99.5 Å². The topological polar surface area (TPSA) is 42.1 Å². The second-order valence-corrected chi connectivity index (χ2v) is 4.94. The summed E-state index contributed by atoms with van der Waals surface area (Å²) in [5.41, 5.74) is 9.07. The minimum atomic E-state index is 0.629. The molecular formula is C12H15N3S. The zero-order valence-corrected chi connectivity index (χ0v) is 10.5. The van der Waals surface area contributed by atoms with Gasteiger partial charge in [-0.1, -0.05) is 23.5 Å². The predicted octanol–water partition coefficient (Wildman–Crippen LogP) is 2.77. The van der Waals surface area contributed by atoms with E-state index in [0.717, 1.165) is 10.6 Å². The fraction of sp³-hybridized carbons (Fsp3) is 0.250. The van der Waals surface area contributed by atoms with Crippen molar-refractivity contribution in [3.05, 3.63) is 30.0 Å². The lowest BCUT2D eigenvalue weighted by Crippen LogP contribution is -2.07. The van der Waals surface area contributed by atoms with Crippen LogP contribution in [0.2, 0.25) is 0 Å². The smallest absolute Gasteiger partial charge is 0.180 e. The van der Waals surface area contributed by atoms with Crippen molar-refractivity contribution in [2.75, 3.05) is 24.7 Å². The average molecular weight is 233 g/mol. The van der Waals surface area contributed by atoms with Gasteiger partial charge in [0.1, 0.15) is 0 Å². The third-order valence-electron chi connectivity index (χ3n) is 2.46. The Kier molecular flexibility index (Phi) is 2.83. The molecule has 0 amide bonds. The van der Waals surface area contributed by atoms with Crippen molar-refractivity contribution in [2.24, 2.45) is 0 Å². The normalized spacial score (nSPS) is 10.4. The molecule has 0 unspecified atom stereocenters. The lowest BCUT2D eigenvalue weighted by atomic mass is 10.1. The highest BCUT2D eigenvalue weighted by Gasteiger charge is 2.07. The minimum Gasteiger partial charge on any atom is -0.378 e. The van der Waals surface area contributed by atoms with Crippen molar-refractivity contribution in [3.63, 3.8) is 0 Å². The molecule has 1 heterocycles. The van der Waals surface area contributed by atoms with Gasteiger partial charge in [0.25, 0.3) is 0 Å². The fourth-order valence-electron chi connectivity index (χ4n) is 1.60. The van der Waals surface area contributed by atoms with Crippen LogP contribution >= 0.6 is 11.3 Å². The zero-order valence-electron chi connectivity index (χ0n) is 9.69. The van der Waals surface area contributed by atoms with E-state index in [9.17, 15) is 0 Å². The molecule has 16 heavy (non-hydrogen) atoms. The Hall–Kier alpha value is -1.55. The second-order valence-electron chi connectivity index (χ2n) is 3.91. The van der Waals surface area contributed by atoms with Gasteiger partial charge < -0.3 is 10.6 Å². The Morgan fingerprint density at radius 1 is 1.19 bits per heavy atom. The van der Waals surface area contributed by atoms with Crippen LogP contribution in [0, 0.1) is 6.92 Å². The van der Waals surface area contributed by atoms with Gasteiger partial charge in [0.2, 0.25) is 0 Å². The molecule has 2 aromatic rings. The van der Waals surface area contributed by atoms with E-state index in [1.807, 2.05) is 21.0 Å². The third kappa shape index (κ3) is 2.02. The van der Waals surface area contributed by atoms with Crippen molar-refractivity contribution >= 4 is 22.2 Å². The molecule has 0 saturated heterocycles. The summed E-state index contributed by atoms with van der Waals surface area (Å²) in [5.74, 6) is 0. The van der Waals surface area contributed by atoms with Crippen LogP contribution in [0.4, 0.5) is 10.8 Å². The number of nitrogen functional groups attached to an aromatic ring is 1. The van der Waals surface area contributed by atoms with Crippen LogP contribution in [0.3, 0.4) is 0 Å². The largest absolute Gasteiger partial charge is 0.378 e. The molecule has 84 valence electrons. The van der Waals surface area contributed by atoms with Crippen molar-refractivity contribution in [2.45, 2.75) is 6.92 Å². The molecule has 0 spiro atoms. The SMILES string of the molecule is Cc1nc(N)sc1-c1ccc(N(C)C)cc1. The first-order chi connectivity index (χ1) is 7.58. The first kappa shape index (κ1) is 11.0. The van der Waals surface area contributed by atoms with E-state index in [0.29, 0.717) is 5.13 Å². The summed E-state index contributed by atoms with van der Waals surface area (Å²) < 4.78 is 0. The van der Waals surface area contributed by atoms with Crippen LogP contribution in [0.1, 0.15) is 5.69 Å². The number of benzene rings is 1. The highest BCUT2D eigenvalue weighted by Crippen LogP contribution is 2.31. The third-order valence-corrected chi connectivity index (χ3v) is 3.49. The molecule has 0 atom stereocenters. The van der Waals surface area contributed by atoms with Crippen LogP contribution in [0.15, 0.2) is 24.3 Å². The monoisotopic (exact) mass is 233 g/mol. The summed E-state index contributed by atoms with van der Waals surface area (Å²) in [6, 6.07) is 8.42. The number of aromatic nitrogens is 1. The van der Waals surface area contributed by atoms with E-state index >= 15 is 0 Å². The number of nitrogens with zero attached hydrogens (tertiary/aromatic N) is 2. The number of anilines is 2. The molecular weight excluding hydrogens is 218 g/mol. The van der Waals surface area contributed by atoms with Crippen LogP contribution in [-0.4, -0.2) is 19.1 Å². The van der Waals surface area contributed by atoms with Crippen molar-refractivity contribution in [1.29, 1.82) is 0 Å². The van der Waals surface area contributed by atoms with E-state index < -0.39 is 0 Å². The molecule has 0 aliphatic heterocycles. The maximum Gasteiger partial charge on any atom is 0.180 e. The number of rotatable bonds is 2. The fourth-order valence-corrected chi connectivity index (χ4v) is 2.44. The number of nitrogens with two attached hydrogens (primary N) is 1. The summed E-state index contributed by atoms with van der Waals surface area (Å²) in [7, 11) is 4.07. The number of hydrogen-bond donors (Lipinski definition) is 1. The zero-order chi connectivity index (χ0) is 11.7. The molecule has 0 radical (unpaired) electrons. The first-order valence-corrected chi connectivity index (χ1v) is 5.90. The quantitative estimate of drug-likeness (QED) is 0.867. The first-order valence-electron chi connectivity index (χ1n) is 5.08. The maximum atomic E-state index is 5.69. The van der Waals surface area contributed by atoms with Crippen LogP contribution in [-0.2, 0) is 0 Å².